The van der Waals surface area contributed by atoms with Gasteiger partial charge in [-0.3, -0.25) is 14.8 Å². The zero-order valence-corrected chi connectivity index (χ0v) is 21.0. The predicted molar refractivity (Wildman–Crippen MR) is 139 cm³/mol. The van der Waals surface area contributed by atoms with E-state index in [9.17, 15) is 9.90 Å². The summed E-state index contributed by atoms with van der Waals surface area (Å²) >= 11 is 0. The number of nitrogens with one attached hydrogen (secondary N) is 2. The Morgan fingerprint density at radius 2 is 2.00 bits per heavy atom. The number of aliphatic hydroxyl groups is 1. The number of rotatable bonds is 7. The van der Waals surface area contributed by atoms with Gasteiger partial charge in [0.05, 0.1) is 13.3 Å². The van der Waals surface area contributed by atoms with Gasteiger partial charge in [-0.05, 0) is 75.1 Å². The van der Waals surface area contributed by atoms with Crippen molar-refractivity contribution in [1.82, 2.24) is 25.3 Å². The number of carbonyl (C=O) groups is 1. The molecule has 5 rings (SSSR count). The third-order valence-corrected chi connectivity index (χ3v) is 7.53. The lowest BCUT2D eigenvalue weighted by atomic mass is 9.99. The van der Waals surface area contributed by atoms with Crippen LogP contribution >= 0.6 is 0 Å². The van der Waals surface area contributed by atoms with Gasteiger partial charge in [-0.15, -0.1) is 0 Å². The molecule has 0 radical (unpaired) electrons. The van der Waals surface area contributed by atoms with Crippen molar-refractivity contribution in [3.63, 3.8) is 0 Å². The van der Waals surface area contributed by atoms with Crippen LogP contribution in [0, 0.1) is 0 Å². The molecule has 2 unspecified atom stereocenters. The number of aromatic amines is 1. The summed E-state index contributed by atoms with van der Waals surface area (Å²) in [4.78, 5) is 17.4. The Morgan fingerprint density at radius 3 is 2.75 bits per heavy atom. The van der Waals surface area contributed by atoms with Crippen molar-refractivity contribution in [2.24, 2.45) is 0 Å². The van der Waals surface area contributed by atoms with Crippen LogP contribution < -0.4 is 10.1 Å². The fourth-order valence-corrected chi connectivity index (χ4v) is 5.45. The summed E-state index contributed by atoms with van der Waals surface area (Å²) in [6, 6.07) is 13.9. The quantitative estimate of drug-likeness (QED) is 0.468. The van der Waals surface area contributed by atoms with E-state index in [1.165, 1.54) is 0 Å². The smallest absolute Gasteiger partial charge is 0.251 e. The molecule has 3 aromatic rings. The number of benzene rings is 2. The molecule has 2 saturated heterocycles. The molecule has 1 amide bonds. The highest BCUT2D eigenvalue weighted by molar-refractivity contribution is 5.94. The Hall–Kier alpha value is -3.20. The lowest BCUT2D eigenvalue weighted by molar-refractivity contribution is -0.00800. The molecular formula is C28H35N5O3. The van der Waals surface area contributed by atoms with Gasteiger partial charge in [0.15, 0.2) is 0 Å². The lowest BCUT2D eigenvalue weighted by Gasteiger charge is -2.31. The van der Waals surface area contributed by atoms with E-state index in [1.807, 2.05) is 42.6 Å². The van der Waals surface area contributed by atoms with Gasteiger partial charge < -0.3 is 20.1 Å². The first-order valence-electron chi connectivity index (χ1n) is 12.7. The molecule has 0 aliphatic carbocycles. The van der Waals surface area contributed by atoms with Crippen molar-refractivity contribution in [3.05, 3.63) is 71.5 Å². The fraction of sp³-hybridized carbons (Fsp3) is 0.429. The fourth-order valence-electron chi connectivity index (χ4n) is 5.45. The number of aliphatic hydroxyl groups excluding tert-OH is 1. The maximum absolute atomic E-state index is 13.0. The van der Waals surface area contributed by atoms with E-state index < -0.39 is 6.23 Å². The second-order valence-corrected chi connectivity index (χ2v) is 9.89. The highest BCUT2D eigenvalue weighted by atomic mass is 16.5. The standard InChI is InChI=1S/C28H35N5O3/c1-32-13-10-23(11-14-32)31-27(34)20-6-3-5-19(15-20)25-7-4-12-33(25)28(35)21-8-9-24(26(16-21)36-2)22-17-29-30-18-22/h3,5-6,8-9,15-18,23,25,28,35H,4,7,10-14H2,1-2H3,(H,29,30)(H,31,34). The van der Waals surface area contributed by atoms with Gasteiger partial charge in [-0.2, -0.15) is 5.10 Å². The average molecular weight is 490 g/mol. The minimum Gasteiger partial charge on any atom is -0.496 e. The number of ether oxygens (including phenoxy) is 1. The molecule has 2 fully saturated rings. The molecule has 8 nitrogen and oxygen atoms in total. The topological polar surface area (TPSA) is 93.7 Å². The number of likely N-dealkylation sites (tertiary alicyclic amines) is 2. The summed E-state index contributed by atoms with van der Waals surface area (Å²) in [6.07, 6.45) is 6.67. The number of carbonyl (C=O) groups excluding carboxylic acids is 1. The van der Waals surface area contributed by atoms with Crippen LogP contribution in [0.5, 0.6) is 5.75 Å². The van der Waals surface area contributed by atoms with Gasteiger partial charge in [0.1, 0.15) is 12.0 Å². The predicted octanol–water partition coefficient (Wildman–Crippen LogP) is 3.74. The molecular weight excluding hydrogens is 454 g/mol. The molecule has 0 bridgehead atoms. The summed E-state index contributed by atoms with van der Waals surface area (Å²) in [6.45, 7) is 2.80. The third-order valence-electron chi connectivity index (χ3n) is 7.53. The Morgan fingerprint density at radius 1 is 1.17 bits per heavy atom. The molecule has 8 heteroatoms. The zero-order chi connectivity index (χ0) is 25.1. The van der Waals surface area contributed by atoms with Crippen molar-refractivity contribution in [2.45, 2.75) is 44.0 Å². The summed E-state index contributed by atoms with van der Waals surface area (Å²) < 4.78 is 5.63. The summed E-state index contributed by atoms with van der Waals surface area (Å²) in [5.74, 6) is 0.673. The van der Waals surface area contributed by atoms with Crippen LogP contribution in [-0.2, 0) is 0 Å². The normalized spacial score (nSPS) is 20.4. The number of hydrogen-bond donors (Lipinski definition) is 3. The maximum atomic E-state index is 13.0. The van der Waals surface area contributed by atoms with Gasteiger partial charge in [-0.25, -0.2) is 0 Å². The molecule has 3 N–H and O–H groups in total. The number of hydrogen-bond acceptors (Lipinski definition) is 6. The van der Waals surface area contributed by atoms with Gasteiger partial charge in [0.2, 0.25) is 0 Å². The molecule has 0 saturated carbocycles. The minimum atomic E-state index is -0.776. The molecule has 2 atom stereocenters. The van der Waals surface area contributed by atoms with E-state index in [0.717, 1.165) is 67.6 Å². The summed E-state index contributed by atoms with van der Waals surface area (Å²) in [7, 11) is 3.75. The van der Waals surface area contributed by atoms with Gasteiger partial charge in [-0.1, -0.05) is 24.3 Å². The first kappa shape index (κ1) is 24.5. The highest BCUT2D eigenvalue weighted by Gasteiger charge is 2.32. The van der Waals surface area contributed by atoms with Crippen LogP contribution in [0.2, 0.25) is 0 Å². The van der Waals surface area contributed by atoms with E-state index in [-0.39, 0.29) is 18.0 Å². The maximum Gasteiger partial charge on any atom is 0.251 e. The second-order valence-electron chi connectivity index (χ2n) is 9.89. The number of nitrogens with zero attached hydrogens (tertiary/aromatic N) is 3. The number of aromatic nitrogens is 2. The van der Waals surface area contributed by atoms with Crippen molar-refractivity contribution in [2.75, 3.05) is 33.8 Å². The van der Waals surface area contributed by atoms with Gasteiger partial charge in [0.25, 0.3) is 5.91 Å². The summed E-state index contributed by atoms with van der Waals surface area (Å²) in [5, 5.41) is 21.4. The molecule has 190 valence electrons. The van der Waals surface area contributed by atoms with Crippen LogP contribution in [-0.4, -0.2) is 70.8 Å². The van der Waals surface area contributed by atoms with Crippen molar-refractivity contribution in [3.8, 4) is 16.9 Å². The molecule has 2 aromatic carbocycles. The molecule has 0 spiro atoms. The largest absolute Gasteiger partial charge is 0.496 e. The van der Waals surface area contributed by atoms with Crippen LogP contribution in [0.4, 0.5) is 0 Å². The number of amides is 1. The highest BCUT2D eigenvalue weighted by Crippen LogP contribution is 2.40. The SMILES string of the molecule is COc1cc(C(O)N2CCCC2c2cccc(C(=O)NC3CCN(C)CC3)c2)ccc1-c1cn[nH]c1. The van der Waals surface area contributed by atoms with Gasteiger partial charge >= 0.3 is 0 Å². The van der Waals surface area contributed by atoms with Crippen molar-refractivity contribution >= 4 is 5.91 Å². The first-order valence-corrected chi connectivity index (χ1v) is 12.7. The molecule has 1 aromatic heterocycles. The number of methoxy groups -OCH3 is 1. The lowest BCUT2D eigenvalue weighted by Crippen LogP contribution is -2.43. The van der Waals surface area contributed by atoms with Crippen LogP contribution in [0.25, 0.3) is 11.1 Å². The van der Waals surface area contributed by atoms with Crippen LogP contribution in [0.1, 0.15) is 59.4 Å². The second kappa shape index (κ2) is 10.8. The molecule has 36 heavy (non-hydrogen) atoms. The van der Waals surface area contributed by atoms with E-state index in [4.69, 9.17) is 4.74 Å². The van der Waals surface area contributed by atoms with E-state index in [1.54, 1.807) is 13.3 Å². The average Bonchev–Trinajstić information content (AvgIpc) is 3.62. The van der Waals surface area contributed by atoms with E-state index in [0.29, 0.717) is 11.3 Å². The number of piperidine rings is 1. The van der Waals surface area contributed by atoms with E-state index in [2.05, 4.69) is 38.4 Å². The van der Waals surface area contributed by atoms with Crippen molar-refractivity contribution < 1.29 is 14.6 Å². The van der Waals surface area contributed by atoms with E-state index >= 15 is 0 Å². The Bertz CT molecular complexity index is 1170. The minimum absolute atomic E-state index is 0.0175. The first-order chi connectivity index (χ1) is 17.5. The Kier molecular flexibility index (Phi) is 7.36. The zero-order valence-electron chi connectivity index (χ0n) is 21.0. The summed E-state index contributed by atoms with van der Waals surface area (Å²) in [5.41, 5.74) is 4.37. The molecule has 2 aliphatic rings. The van der Waals surface area contributed by atoms with Gasteiger partial charge in [0, 0.05) is 41.5 Å². The Labute approximate surface area is 212 Å². The van der Waals surface area contributed by atoms with Crippen molar-refractivity contribution in [1.29, 1.82) is 0 Å². The monoisotopic (exact) mass is 489 g/mol. The molecule has 2 aliphatic heterocycles. The van der Waals surface area contributed by atoms with Crippen LogP contribution in [0.3, 0.4) is 0 Å². The Balaban J connectivity index is 1.32. The third kappa shape index (κ3) is 5.16. The molecule has 3 heterocycles. The van der Waals surface area contributed by atoms with Crippen LogP contribution in [0.15, 0.2) is 54.9 Å². The number of H-pyrrole nitrogens is 1.